The van der Waals surface area contributed by atoms with Crippen molar-refractivity contribution >= 4 is 11.4 Å². The summed E-state index contributed by atoms with van der Waals surface area (Å²) in [5.41, 5.74) is 0.891. The zero-order valence-corrected chi connectivity index (χ0v) is 17.5. The monoisotopic (exact) mass is 452 g/mol. The lowest BCUT2D eigenvalue weighted by molar-refractivity contribution is -0.319. The molecule has 0 radical (unpaired) electrons. The zero-order chi connectivity index (χ0) is 23.0. The second-order valence-corrected chi connectivity index (χ2v) is 8.35. The van der Waals surface area contributed by atoms with Crippen molar-refractivity contribution in [2.75, 3.05) is 13.7 Å². The summed E-state index contributed by atoms with van der Waals surface area (Å²) in [7, 11) is 1.34. The van der Waals surface area contributed by atoms with Crippen LogP contribution in [0, 0.1) is 5.92 Å². The Morgan fingerprint density at radius 2 is 1.81 bits per heavy atom. The third-order valence-electron chi connectivity index (χ3n) is 6.34. The van der Waals surface area contributed by atoms with Crippen LogP contribution in [0.4, 0.5) is 0 Å². The summed E-state index contributed by atoms with van der Waals surface area (Å²) in [5.74, 6) is -0.966. The first-order chi connectivity index (χ1) is 15.3. The summed E-state index contributed by atoms with van der Waals surface area (Å²) in [6, 6.07) is 6.13. The van der Waals surface area contributed by atoms with E-state index in [1.54, 1.807) is 12.1 Å². The first-order valence-electron chi connectivity index (χ1n) is 10.5. The van der Waals surface area contributed by atoms with Crippen LogP contribution < -0.4 is 0 Å². The maximum absolute atomic E-state index is 13.0. The third kappa shape index (κ3) is 4.27. The lowest BCUT2D eigenvalue weighted by Gasteiger charge is -2.45. The van der Waals surface area contributed by atoms with Crippen molar-refractivity contribution in [2.24, 2.45) is 5.92 Å². The number of aliphatic hydroxyl groups excluding tert-OH is 4. The number of phenolic OH excluding ortho intramolecular Hbond substituents is 1. The number of carbonyl (C=O) groups is 1. The fraction of sp³-hybridized carbons (Fsp3) is 0.591. The number of aliphatic hydroxyl groups is 4. The Morgan fingerprint density at radius 1 is 1.09 bits per heavy atom. The summed E-state index contributed by atoms with van der Waals surface area (Å²) >= 11 is 0. The van der Waals surface area contributed by atoms with Crippen molar-refractivity contribution in [2.45, 2.75) is 61.9 Å². The number of carbonyl (C=O) groups excluding carboxylic acids is 1. The van der Waals surface area contributed by atoms with E-state index >= 15 is 0 Å². The standard InChI is InChI=1S/C22H28O10/c1-29-21-16(8-23)32-22(20(28)19(21)27)31-12-6-14(25)17-15(7-12)30-9-13(18(17)26)10-2-4-11(24)5-3-10/h2-5,9,12,14-17,19-25,27-28H,6-8H2,1H3/t12?,14?,15?,16-,17?,19-,20-,21-,22-/m1/s1. The number of fused-ring (bicyclic) bond motifs is 1. The van der Waals surface area contributed by atoms with Gasteiger partial charge in [0.15, 0.2) is 12.1 Å². The maximum Gasteiger partial charge on any atom is 0.186 e. The molecular formula is C22H28O10. The quantitative estimate of drug-likeness (QED) is 0.388. The van der Waals surface area contributed by atoms with Crippen LogP contribution in [-0.4, -0.2) is 94.1 Å². The molecule has 4 rings (SSSR count). The van der Waals surface area contributed by atoms with Gasteiger partial charge in [-0.05, 0) is 17.7 Å². The average molecular weight is 452 g/mol. The second-order valence-electron chi connectivity index (χ2n) is 8.35. The minimum absolute atomic E-state index is 0.0755. The summed E-state index contributed by atoms with van der Waals surface area (Å²) in [6.45, 7) is -0.442. The number of benzene rings is 1. The predicted octanol–water partition coefficient (Wildman–Crippen LogP) is -0.689. The molecule has 176 valence electrons. The Kier molecular flexibility index (Phi) is 6.82. The van der Waals surface area contributed by atoms with E-state index in [-0.39, 0.29) is 24.4 Å². The maximum atomic E-state index is 13.0. The van der Waals surface area contributed by atoms with E-state index in [2.05, 4.69) is 0 Å². The molecular weight excluding hydrogens is 424 g/mol. The van der Waals surface area contributed by atoms with Crippen LogP contribution >= 0.6 is 0 Å². The first kappa shape index (κ1) is 23.1. The van der Waals surface area contributed by atoms with E-state index in [0.717, 1.165) is 0 Å². The van der Waals surface area contributed by atoms with Gasteiger partial charge in [-0.25, -0.2) is 0 Å². The minimum atomic E-state index is -1.42. The highest BCUT2D eigenvalue weighted by molar-refractivity contribution is 6.22. The molecule has 0 aromatic heterocycles. The lowest BCUT2D eigenvalue weighted by atomic mass is 9.76. The number of hydrogen-bond donors (Lipinski definition) is 5. The molecule has 5 N–H and O–H groups in total. The minimum Gasteiger partial charge on any atom is -0.508 e. The van der Waals surface area contributed by atoms with Gasteiger partial charge in [-0.3, -0.25) is 4.79 Å². The van der Waals surface area contributed by atoms with Crippen molar-refractivity contribution in [1.29, 1.82) is 0 Å². The number of hydrogen-bond acceptors (Lipinski definition) is 10. The summed E-state index contributed by atoms with van der Waals surface area (Å²) in [4.78, 5) is 13.0. The number of ether oxygens (including phenoxy) is 4. The average Bonchev–Trinajstić information content (AvgIpc) is 2.77. The molecule has 1 saturated heterocycles. The van der Waals surface area contributed by atoms with Gasteiger partial charge in [-0.1, -0.05) is 12.1 Å². The number of allylic oxidation sites excluding steroid dienone is 1. The van der Waals surface area contributed by atoms with E-state index in [1.807, 2.05) is 0 Å². The van der Waals surface area contributed by atoms with Gasteiger partial charge in [0.05, 0.1) is 36.6 Å². The molecule has 2 aliphatic heterocycles. The molecule has 2 heterocycles. The molecule has 1 aromatic rings. The highest BCUT2D eigenvalue weighted by atomic mass is 16.7. The normalized spacial score (nSPS) is 39.7. The number of ketones is 1. The van der Waals surface area contributed by atoms with Crippen molar-refractivity contribution in [3.05, 3.63) is 36.1 Å². The molecule has 32 heavy (non-hydrogen) atoms. The molecule has 9 atom stereocenters. The highest BCUT2D eigenvalue weighted by Gasteiger charge is 2.49. The van der Waals surface area contributed by atoms with Crippen molar-refractivity contribution in [1.82, 2.24) is 0 Å². The zero-order valence-electron chi connectivity index (χ0n) is 17.5. The second kappa shape index (κ2) is 9.44. The van der Waals surface area contributed by atoms with Gasteiger partial charge in [0.2, 0.25) is 0 Å². The number of rotatable bonds is 5. The van der Waals surface area contributed by atoms with Crippen LogP contribution in [0.25, 0.3) is 5.57 Å². The van der Waals surface area contributed by atoms with E-state index in [4.69, 9.17) is 18.9 Å². The van der Waals surface area contributed by atoms with Crippen molar-refractivity contribution in [3.8, 4) is 5.75 Å². The number of phenols is 1. The van der Waals surface area contributed by atoms with Gasteiger partial charge >= 0.3 is 0 Å². The predicted molar refractivity (Wildman–Crippen MR) is 108 cm³/mol. The molecule has 1 saturated carbocycles. The fourth-order valence-electron chi connectivity index (χ4n) is 4.65. The van der Waals surface area contributed by atoms with Crippen LogP contribution in [0.15, 0.2) is 30.5 Å². The Morgan fingerprint density at radius 3 is 2.47 bits per heavy atom. The lowest BCUT2D eigenvalue weighted by Crippen LogP contribution is -2.61. The summed E-state index contributed by atoms with van der Waals surface area (Å²) < 4.78 is 22.3. The first-order valence-corrected chi connectivity index (χ1v) is 10.5. The fourth-order valence-corrected chi connectivity index (χ4v) is 4.65. The van der Waals surface area contributed by atoms with Gasteiger partial charge in [0.25, 0.3) is 0 Å². The molecule has 4 unspecified atom stereocenters. The topological polar surface area (TPSA) is 155 Å². The van der Waals surface area contributed by atoms with Crippen LogP contribution in [0.2, 0.25) is 0 Å². The molecule has 0 amide bonds. The Balaban J connectivity index is 1.45. The van der Waals surface area contributed by atoms with Crippen LogP contribution in [0.1, 0.15) is 18.4 Å². The number of methoxy groups -OCH3 is 1. The number of aromatic hydroxyl groups is 1. The molecule has 2 fully saturated rings. The number of Topliss-reactive ketones (excluding diaryl/α,β-unsaturated/α-hetero) is 1. The molecule has 1 aliphatic carbocycles. The summed E-state index contributed by atoms with van der Waals surface area (Å²) in [6.07, 6.45) is -6.42. The van der Waals surface area contributed by atoms with Gasteiger partial charge in [-0.2, -0.15) is 0 Å². The van der Waals surface area contributed by atoms with Gasteiger partial charge in [-0.15, -0.1) is 0 Å². The molecule has 0 spiro atoms. The Labute approximate surface area is 184 Å². The van der Waals surface area contributed by atoms with E-state index in [9.17, 15) is 30.3 Å². The molecule has 0 bridgehead atoms. The molecule has 10 heteroatoms. The van der Waals surface area contributed by atoms with E-state index in [0.29, 0.717) is 11.1 Å². The van der Waals surface area contributed by atoms with Crippen molar-refractivity contribution < 1.29 is 49.3 Å². The molecule has 10 nitrogen and oxygen atoms in total. The molecule has 1 aromatic carbocycles. The van der Waals surface area contributed by atoms with E-state index in [1.165, 1.54) is 25.5 Å². The van der Waals surface area contributed by atoms with Gasteiger partial charge < -0.3 is 44.5 Å². The SMILES string of the molecule is CO[C@H]1[C@H](O)[C@@H](O)[C@H](OC2CC(O)C3C(=O)C(c4ccc(O)cc4)=COC3C2)O[C@@H]1CO. The smallest absolute Gasteiger partial charge is 0.186 e. The van der Waals surface area contributed by atoms with Crippen LogP contribution in [-0.2, 0) is 23.7 Å². The highest BCUT2D eigenvalue weighted by Crippen LogP contribution is 2.38. The summed E-state index contributed by atoms with van der Waals surface area (Å²) in [5, 5.41) is 50.3. The van der Waals surface area contributed by atoms with Crippen LogP contribution in [0.3, 0.4) is 0 Å². The molecule has 3 aliphatic rings. The Hall–Kier alpha value is -2.05. The van der Waals surface area contributed by atoms with Gasteiger partial charge in [0, 0.05) is 20.0 Å². The largest absolute Gasteiger partial charge is 0.508 e. The van der Waals surface area contributed by atoms with Crippen LogP contribution in [0.5, 0.6) is 5.75 Å². The van der Waals surface area contributed by atoms with Gasteiger partial charge in [0.1, 0.15) is 36.3 Å². The van der Waals surface area contributed by atoms with E-state index < -0.39 is 61.5 Å². The van der Waals surface area contributed by atoms with Crippen molar-refractivity contribution in [3.63, 3.8) is 0 Å². The third-order valence-corrected chi connectivity index (χ3v) is 6.34. The Bertz CT molecular complexity index is 838.